The molecule has 0 unspecified atom stereocenters. The van der Waals surface area contributed by atoms with Crippen molar-refractivity contribution in [2.75, 3.05) is 18.0 Å². The fourth-order valence-corrected chi connectivity index (χ4v) is 4.50. The first-order valence-corrected chi connectivity index (χ1v) is 10.4. The van der Waals surface area contributed by atoms with Gasteiger partial charge in [0.1, 0.15) is 17.9 Å². The molecule has 3 heterocycles. The van der Waals surface area contributed by atoms with Gasteiger partial charge in [-0.15, -0.1) is 0 Å². The Balaban J connectivity index is 1.40. The van der Waals surface area contributed by atoms with Gasteiger partial charge in [0.25, 0.3) is 0 Å². The maximum Gasteiger partial charge on any atom is 0.231 e. The Kier molecular flexibility index (Phi) is 5.32. The zero-order valence-electron chi connectivity index (χ0n) is 16.5. The van der Waals surface area contributed by atoms with E-state index in [1.165, 1.54) is 25.7 Å². The molecule has 6 heteroatoms. The van der Waals surface area contributed by atoms with Crippen LogP contribution in [0.3, 0.4) is 0 Å². The highest BCUT2D eigenvalue weighted by molar-refractivity contribution is 5.90. The van der Waals surface area contributed by atoms with Crippen molar-refractivity contribution in [3.63, 3.8) is 0 Å². The topological polar surface area (TPSA) is 71.3 Å². The summed E-state index contributed by atoms with van der Waals surface area (Å²) >= 11 is 0. The SMILES string of the molecule is Cc1oc2ncnc(N3CCC(C(=O)NC4CCCCCC4)CC3)c2c1C. The van der Waals surface area contributed by atoms with Crippen LogP contribution in [-0.2, 0) is 4.79 Å². The van der Waals surface area contributed by atoms with Crippen LogP contribution in [0.1, 0.15) is 62.7 Å². The third-order valence-corrected chi connectivity index (χ3v) is 6.31. The summed E-state index contributed by atoms with van der Waals surface area (Å²) in [6, 6.07) is 0.385. The number of aryl methyl sites for hydroxylation is 2. The van der Waals surface area contributed by atoms with Crippen molar-refractivity contribution in [1.82, 2.24) is 15.3 Å². The number of fused-ring (bicyclic) bond motifs is 1. The number of aromatic nitrogens is 2. The van der Waals surface area contributed by atoms with E-state index in [4.69, 9.17) is 4.42 Å². The second-order valence-corrected chi connectivity index (χ2v) is 8.12. The summed E-state index contributed by atoms with van der Waals surface area (Å²) in [7, 11) is 0. The minimum absolute atomic E-state index is 0.119. The van der Waals surface area contributed by atoms with Crippen LogP contribution in [0.25, 0.3) is 11.1 Å². The van der Waals surface area contributed by atoms with Crippen molar-refractivity contribution < 1.29 is 9.21 Å². The van der Waals surface area contributed by atoms with Gasteiger partial charge in [-0.3, -0.25) is 4.79 Å². The Labute approximate surface area is 160 Å². The molecule has 146 valence electrons. The van der Waals surface area contributed by atoms with Gasteiger partial charge in [0.2, 0.25) is 11.6 Å². The Hall–Kier alpha value is -2.11. The largest absolute Gasteiger partial charge is 0.443 e. The van der Waals surface area contributed by atoms with Crippen LogP contribution < -0.4 is 10.2 Å². The predicted octanol–water partition coefficient (Wildman–Crippen LogP) is 3.90. The van der Waals surface area contributed by atoms with E-state index in [9.17, 15) is 4.79 Å². The first kappa shape index (κ1) is 18.3. The van der Waals surface area contributed by atoms with E-state index in [2.05, 4.69) is 27.1 Å². The summed E-state index contributed by atoms with van der Waals surface area (Å²) in [4.78, 5) is 23.8. The molecule has 1 saturated carbocycles. The number of hydrogen-bond donors (Lipinski definition) is 1. The van der Waals surface area contributed by atoms with E-state index >= 15 is 0 Å². The second kappa shape index (κ2) is 7.87. The lowest BCUT2D eigenvalue weighted by Gasteiger charge is -2.33. The molecule has 2 aliphatic rings. The van der Waals surface area contributed by atoms with Gasteiger partial charge in [-0.2, -0.15) is 0 Å². The second-order valence-electron chi connectivity index (χ2n) is 8.12. The maximum absolute atomic E-state index is 12.7. The molecule has 0 radical (unpaired) electrons. The lowest BCUT2D eigenvalue weighted by atomic mass is 9.94. The summed E-state index contributed by atoms with van der Waals surface area (Å²) in [5.74, 6) is 2.21. The molecule has 27 heavy (non-hydrogen) atoms. The standard InChI is InChI=1S/C21H30N4O2/c1-14-15(2)27-21-18(14)19(22-13-23-21)25-11-9-16(10-12-25)20(26)24-17-7-5-3-4-6-8-17/h13,16-17H,3-12H2,1-2H3,(H,24,26). The van der Waals surface area contributed by atoms with Gasteiger partial charge in [-0.1, -0.05) is 25.7 Å². The molecule has 1 saturated heterocycles. The molecule has 1 aliphatic carbocycles. The molecular weight excluding hydrogens is 340 g/mol. The quantitative estimate of drug-likeness (QED) is 0.830. The molecule has 2 fully saturated rings. The molecule has 0 aromatic carbocycles. The molecule has 1 aliphatic heterocycles. The van der Waals surface area contributed by atoms with Crippen molar-refractivity contribution in [1.29, 1.82) is 0 Å². The van der Waals surface area contributed by atoms with Crippen molar-refractivity contribution >= 4 is 22.8 Å². The number of amides is 1. The highest BCUT2D eigenvalue weighted by atomic mass is 16.3. The number of rotatable bonds is 3. The Morgan fingerprint density at radius 2 is 1.78 bits per heavy atom. The fourth-order valence-electron chi connectivity index (χ4n) is 4.50. The summed E-state index contributed by atoms with van der Waals surface area (Å²) in [5, 5.41) is 4.34. The third-order valence-electron chi connectivity index (χ3n) is 6.31. The first-order valence-electron chi connectivity index (χ1n) is 10.4. The number of nitrogens with one attached hydrogen (secondary N) is 1. The average Bonchev–Trinajstić information content (AvgIpc) is 2.85. The third kappa shape index (κ3) is 3.80. The predicted molar refractivity (Wildman–Crippen MR) is 106 cm³/mol. The number of piperidine rings is 1. The van der Waals surface area contributed by atoms with Gasteiger partial charge in [0, 0.05) is 30.6 Å². The zero-order valence-corrected chi connectivity index (χ0v) is 16.5. The van der Waals surface area contributed by atoms with E-state index in [0.717, 1.165) is 61.3 Å². The molecule has 6 nitrogen and oxygen atoms in total. The summed E-state index contributed by atoms with van der Waals surface area (Å²) < 4.78 is 5.74. The van der Waals surface area contributed by atoms with E-state index in [1.807, 2.05) is 6.92 Å². The van der Waals surface area contributed by atoms with E-state index in [1.54, 1.807) is 6.33 Å². The fraction of sp³-hybridized carbons (Fsp3) is 0.667. The van der Waals surface area contributed by atoms with Crippen LogP contribution in [0.2, 0.25) is 0 Å². The molecule has 0 atom stereocenters. The molecule has 2 aromatic heterocycles. The number of furan rings is 1. The Morgan fingerprint density at radius 1 is 1.07 bits per heavy atom. The van der Waals surface area contributed by atoms with E-state index in [0.29, 0.717) is 11.8 Å². The van der Waals surface area contributed by atoms with Crippen LogP contribution in [0.15, 0.2) is 10.7 Å². The van der Waals surface area contributed by atoms with Gasteiger partial charge in [0.15, 0.2) is 0 Å². The van der Waals surface area contributed by atoms with Crippen LogP contribution in [0.4, 0.5) is 5.82 Å². The molecule has 1 N–H and O–H groups in total. The average molecular weight is 370 g/mol. The minimum Gasteiger partial charge on any atom is -0.443 e. The van der Waals surface area contributed by atoms with Crippen LogP contribution >= 0.6 is 0 Å². The molecule has 0 bridgehead atoms. The van der Waals surface area contributed by atoms with Gasteiger partial charge in [-0.05, 0) is 39.5 Å². The molecule has 2 aromatic rings. The number of carbonyl (C=O) groups is 1. The van der Waals surface area contributed by atoms with Crippen molar-refractivity contribution in [2.45, 2.75) is 71.3 Å². The normalized spacial score (nSPS) is 20.0. The molecule has 4 rings (SSSR count). The number of anilines is 1. The highest BCUT2D eigenvalue weighted by Crippen LogP contribution is 2.32. The number of hydrogen-bond acceptors (Lipinski definition) is 5. The van der Waals surface area contributed by atoms with Crippen LogP contribution in [0, 0.1) is 19.8 Å². The zero-order chi connectivity index (χ0) is 18.8. The van der Waals surface area contributed by atoms with Crippen LogP contribution in [0.5, 0.6) is 0 Å². The molecular formula is C21H30N4O2. The summed E-state index contributed by atoms with van der Waals surface area (Å²) in [6.07, 6.45) is 10.7. The Bertz CT molecular complexity index is 800. The lowest BCUT2D eigenvalue weighted by Crippen LogP contribution is -2.44. The van der Waals surface area contributed by atoms with Crippen molar-refractivity contribution in [2.24, 2.45) is 5.92 Å². The maximum atomic E-state index is 12.7. The molecule has 0 spiro atoms. The van der Waals surface area contributed by atoms with Gasteiger partial charge < -0.3 is 14.6 Å². The van der Waals surface area contributed by atoms with Gasteiger partial charge in [0.05, 0.1) is 5.39 Å². The van der Waals surface area contributed by atoms with Crippen molar-refractivity contribution in [3.05, 3.63) is 17.7 Å². The molecule has 1 amide bonds. The number of nitrogens with zero attached hydrogens (tertiary/aromatic N) is 3. The Morgan fingerprint density at radius 3 is 2.48 bits per heavy atom. The summed E-state index contributed by atoms with van der Waals surface area (Å²) in [6.45, 7) is 5.71. The lowest BCUT2D eigenvalue weighted by molar-refractivity contribution is -0.126. The smallest absolute Gasteiger partial charge is 0.231 e. The first-order chi connectivity index (χ1) is 13.1. The van der Waals surface area contributed by atoms with Crippen molar-refractivity contribution in [3.8, 4) is 0 Å². The highest BCUT2D eigenvalue weighted by Gasteiger charge is 2.28. The minimum atomic E-state index is 0.119. The monoisotopic (exact) mass is 370 g/mol. The van der Waals surface area contributed by atoms with Gasteiger partial charge >= 0.3 is 0 Å². The van der Waals surface area contributed by atoms with E-state index in [-0.39, 0.29) is 11.8 Å². The summed E-state index contributed by atoms with van der Waals surface area (Å²) in [5.41, 5.74) is 1.76. The van der Waals surface area contributed by atoms with Crippen LogP contribution in [-0.4, -0.2) is 35.0 Å². The number of carbonyl (C=O) groups excluding carboxylic acids is 1. The van der Waals surface area contributed by atoms with Gasteiger partial charge in [-0.25, -0.2) is 9.97 Å². The van der Waals surface area contributed by atoms with E-state index < -0.39 is 0 Å².